The number of carbonyl (C=O) groups excluding carboxylic acids is 2. The number of para-hydroxylation sites is 1. The van der Waals surface area contributed by atoms with Crippen molar-refractivity contribution in [3.63, 3.8) is 0 Å². The van der Waals surface area contributed by atoms with E-state index in [1.165, 1.54) is 0 Å². The first kappa shape index (κ1) is 22.5. The van der Waals surface area contributed by atoms with Crippen molar-refractivity contribution in [3.8, 4) is 0 Å². The van der Waals surface area contributed by atoms with E-state index in [2.05, 4.69) is 36.4 Å². The Bertz CT molecular complexity index is 903. The maximum Gasteiger partial charge on any atom is 0.238 e. The van der Waals surface area contributed by atoms with Crippen molar-refractivity contribution in [1.82, 2.24) is 9.80 Å². The molecule has 1 aliphatic rings. The Kier molecular flexibility index (Phi) is 7.64. The van der Waals surface area contributed by atoms with Crippen LogP contribution in [0.15, 0.2) is 40.9 Å². The molecular formula is C23H29BrN4O2. The minimum atomic E-state index is -0.0124. The lowest BCUT2D eigenvalue weighted by atomic mass is 10.1. The second-order valence-electron chi connectivity index (χ2n) is 7.87. The minimum absolute atomic E-state index is 0.00399. The van der Waals surface area contributed by atoms with Crippen LogP contribution in [0.4, 0.5) is 11.4 Å². The lowest BCUT2D eigenvalue weighted by Crippen LogP contribution is -2.50. The van der Waals surface area contributed by atoms with E-state index in [9.17, 15) is 9.59 Å². The molecule has 0 atom stereocenters. The third-order valence-corrected chi connectivity index (χ3v) is 5.90. The van der Waals surface area contributed by atoms with E-state index in [-0.39, 0.29) is 11.8 Å². The second-order valence-corrected chi connectivity index (χ2v) is 8.79. The largest absolute Gasteiger partial charge is 0.325 e. The molecule has 0 bridgehead atoms. The summed E-state index contributed by atoms with van der Waals surface area (Å²) in [6.07, 6.45) is 0. The number of benzene rings is 2. The van der Waals surface area contributed by atoms with Crippen LogP contribution in [-0.4, -0.2) is 60.9 Å². The molecule has 2 aromatic rings. The maximum atomic E-state index is 12.5. The summed E-state index contributed by atoms with van der Waals surface area (Å²) >= 11 is 3.44. The van der Waals surface area contributed by atoms with Gasteiger partial charge in [-0.25, -0.2) is 0 Å². The Morgan fingerprint density at radius 3 is 1.90 bits per heavy atom. The summed E-state index contributed by atoms with van der Waals surface area (Å²) in [6, 6.07) is 11.8. The van der Waals surface area contributed by atoms with Crippen molar-refractivity contribution >= 4 is 39.1 Å². The third-order valence-electron chi connectivity index (χ3n) is 5.41. The van der Waals surface area contributed by atoms with Crippen LogP contribution in [0.5, 0.6) is 0 Å². The highest BCUT2D eigenvalue weighted by Crippen LogP contribution is 2.20. The number of amides is 2. The topological polar surface area (TPSA) is 64.7 Å². The molecule has 3 rings (SSSR count). The highest BCUT2D eigenvalue weighted by Gasteiger charge is 2.21. The fourth-order valence-electron chi connectivity index (χ4n) is 3.66. The SMILES string of the molecule is Cc1cc(Br)ccc1NC(=O)CN1CCN(CC(=O)Nc2c(C)cccc2C)CC1. The molecule has 1 fully saturated rings. The van der Waals surface area contributed by atoms with Crippen LogP contribution in [-0.2, 0) is 9.59 Å². The van der Waals surface area contributed by atoms with Crippen LogP contribution in [0, 0.1) is 20.8 Å². The van der Waals surface area contributed by atoms with Gasteiger partial charge < -0.3 is 10.6 Å². The van der Waals surface area contributed by atoms with Gasteiger partial charge in [0.1, 0.15) is 0 Å². The number of hydrogen-bond donors (Lipinski definition) is 2. The van der Waals surface area contributed by atoms with E-state index < -0.39 is 0 Å². The molecule has 1 saturated heterocycles. The Morgan fingerprint density at radius 2 is 1.37 bits per heavy atom. The number of nitrogens with one attached hydrogen (secondary N) is 2. The first-order valence-corrected chi connectivity index (χ1v) is 11.0. The smallest absolute Gasteiger partial charge is 0.238 e. The van der Waals surface area contributed by atoms with Gasteiger partial charge in [-0.2, -0.15) is 0 Å². The molecule has 2 aromatic carbocycles. The summed E-state index contributed by atoms with van der Waals surface area (Å²) in [5.41, 5.74) is 4.91. The molecular weight excluding hydrogens is 444 g/mol. The Labute approximate surface area is 186 Å². The summed E-state index contributed by atoms with van der Waals surface area (Å²) in [5.74, 6) is -0.00838. The molecule has 0 aromatic heterocycles. The van der Waals surface area contributed by atoms with Crippen molar-refractivity contribution in [2.75, 3.05) is 49.9 Å². The average Bonchev–Trinajstić information content (AvgIpc) is 2.69. The van der Waals surface area contributed by atoms with Gasteiger partial charge in [-0.3, -0.25) is 19.4 Å². The van der Waals surface area contributed by atoms with Crippen LogP contribution in [0.2, 0.25) is 0 Å². The molecule has 0 saturated carbocycles. The zero-order valence-corrected chi connectivity index (χ0v) is 19.4. The van der Waals surface area contributed by atoms with Gasteiger partial charge in [0.25, 0.3) is 0 Å². The molecule has 160 valence electrons. The summed E-state index contributed by atoms with van der Waals surface area (Å²) in [5, 5.41) is 6.03. The van der Waals surface area contributed by atoms with Gasteiger partial charge in [-0.05, 0) is 55.7 Å². The van der Waals surface area contributed by atoms with Crippen LogP contribution < -0.4 is 10.6 Å². The molecule has 30 heavy (non-hydrogen) atoms. The Morgan fingerprint density at radius 1 is 0.833 bits per heavy atom. The van der Waals surface area contributed by atoms with Crippen molar-refractivity contribution in [3.05, 3.63) is 57.6 Å². The summed E-state index contributed by atoms with van der Waals surface area (Å²) in [4.78, 5) is 29.1. The molecule has 0 spiro atoms. The number of hydrogen-bond acceptors (Lipinski definition) is 4. The minimum Gasteiger partial charge on any atom is -0.325 e. The number of piperazine rings is 1. The molecule has 6 nitrogen and oxygen atoms in total. The number of anilines is 2. The van der Waals surface area contributed by atoms with Crippen molar-refractivity contribution in [1.29, 1.82) is 0 Å². The molecule has 0 radical (unpaired) electrons. The predicted octanol–water partition coefficient (Wildman–Crippen LogP) is 3.57. The molecule has 1 aliphatic heterocycles. The molecule has 7 heteroatoms. The van der Waals surface area contributed by atoms with Gasteiger partial charge in [0.15, 0.2) is 0 Å². The maximum absolute atomic E-state index is 12.5. The second kappa shape index (κ2) is 10.2. The van der Waals surface area contributed by atoms with E-state index in [1.54, 1.807) is 0 Å². The van der Waals surface area contributed by atoms with Crippen molar-refractivity contribution in [2.24, 2.45) is 0 Å². The molecule has 2 N–H and O–H groups in total. The Balaban J connectivity index is 1.43. The van der Waals surface area contributed by atoms with Gasteiger partial charge in [-0.1, -0.05) is 34.1 Å². The number of carbonyl (C=O) groups is 2. The highest BCUT2D eigenvalue weighted by atomic mass is 79.9. The molecule has 2 amide bonds. The van der Waals surface area contributed by atoms with Crippen LogP contribution >= 0.6 is 15.9 Å². The number of halogens is 1. The summed E-state index contributed by atoms with van der Waals surface area (Å²) < 4.78 is 0.996. The van der Waals surface area contributed by atoms with Gasteiger partial charge in [0.2, 0.25) is 11.8 Å². The van der Waals surface area contributed by atoms with Crippen molar-refractivity contribution in [2.45, 2.75) is 20.8 Å². The summed E-state index contributed by atoms with van der Waals surface area (Å²) in [6.45, 7) is 9.78. The van der Waals surface area contributed by atoms with E-state index in [0.717, 1.165) is 58.7 Å². The van der Waals surface area contributed by atoms with Gasteiger partial charge in [-0.15, -0.1) is 0 Å². The monoisotopic (exact) mass is 472 g/mol. The third kappa shape index (κ3) is 6.14. The average molecular weight is 473 g/mol. The fraction of sp³-hybridized carbons (Fsp3) is 0.391. The molecule has 0 unspecified atom stereocenters. The predicted molar refractivity (Wildman–Crippen MR) is 125 cm³/mol. The highest BCUT2D eigenvalue weighted by molar-refractivity contribution is 9.10. The van der Waals surface area contributed by atoms with Crippen LogP contribution in [0.3, 0.4) is 0 Å². The van der Waals surface area contributed by atoms with Gasteiger partial charge >= 0.3 is 0 Å². The standard InChI is InChI=1S/C23H29BrN4O2/c1-16-5-4-6-17(2)23(16)26-22(30)15-28-11-9-27(10-12-28)14-21(29)25-20-8-7-19(24)13-18(20)3/h4-8,13H,9-12,14-15H2,1-3H3,(H,25,29)(H,26,30). The van der Waals surface area contributed by atoms with E-state index >= 15 is 0 Å². The Hall–Kier alpha value is -2.22. The lowest BCUT2D eigenvalue weighted by Gasteiger charge is -2.33. The normalized spacial score (nSPS) is 15.1. The number of nitrogens with zero attached hydrogens (tertiary/aromatic N) is 2. The quantitative estimate of drug-likeness (QED) is 0.674. The first-order valence-electron chi connectivity index (χ1n) is 10.2. The van der Waals surface area contributed by atoms with Crippen LogP contribution in [0.1, 0.15) is 16.7 Å². The van der Waals surface area contributed by atoms with Gasteiger partial charge in [0, 0.05) is 42.0 Å². The van der Waals surface area contributed by atoms with E-state index in [4.69, 9.17) is 0 Å². The zero-order chi connectivity index (χ0) is 21.7. The summed E-state index contributed by atoms with van der Waals surface area (Å²) in [7, 11) is 0. The first-order chi connectivity index (χ1) is 14.3. The van der Waals surface area contributed by atoms with Crippen LogP contribution in [0.25, 0.3) is 0 Å². The molecule has 1 heterocycles. The van der Waals surface area contributed by atoms with E-state index in [1.807, 2.05) is 57.2 Å². The lowest BCUT2D eigenvalue weighted by molar-refractivity contribution is -0.120. The molecule has 0 aliphatic carbocycles. The number of aryl methyl sites for hydroxylation is 3. The fourth-order valence-corrected chi connectivity index (χ4v) is 4.13. The van der Waals surface area contributed by atoms with Gasteiger partial charge in [0.05, 0.1) is 13.1 Å². The number of rotatable bonds is 6. The zero-order valence-electron chi connectivity index (χ0n) is 17.8. The van der Waals surface area contributed by atoms with E-state index in [0.29, 0.717) is 13.1 Å². The van der Waals surface area contributed by atoms with Crippen molar-refractivity contribution < 1.29 is 9.59 Å².